The van der Waals surface area contributed by atoms with Crippen LogP contribution in [-0.2, 0) is 15.8 Å². The number of nitrogens with zero attached hydrogens (tertiary/aromatic N) is 1. The predicted molar refractivity (Wildman–Crippen MR) is 83.1 cm³/mol. The average molecular weight is 370 g/mol. The van der Waals surface area contributed by atoms with Crippen LogP contribution in [0.25, 0.3) is 5.57 Å². The molecular formula is C17H8ClF4NO2. The molecule has 0 atom stereocenters. The number of anilines is 1. The number of halogens is 5. The van der Waals surface area contributed by atoms with E-state index in [1.165, 1.54) is 12.1 Å². The molecule has 0 spiro atoms. The van der Waals surface area contributed by atoms with Gasteiger partial charge in [-0.2, -0.15) is 13.2 Å². The van der Waals surface area contributed by atoms with Gasteiger partial charge in [0.1, 0.15) is 10.8 Å². The van der Waals surface area contributed by atoms with Gasteiger partial charge in [0, 0.05) is 0 Å². The predicted octanol–water partition coefficient (Wildman–Crippen LogP) is 4.37. The van der Waals surface area contributed by atoms with Gasteiger partial charge in [0.05, 0.1) is 16.8 Å². The van der Waals surface area contributed by atoms with Crippen molar-refractivity contribution in [3.8, 4) is 0 Å². The third kappa shape index (κ3) is 3.02. The van der Waals surface area contributed by atoms with Crippen LogP contribution in [0.5, 0.6) is 0 Å². The van der Waals surface area contributed by atoms with Crippen LogP contribution >= 0.6 is 11.6 Å². The highest BCUT2D eigenvalue weighted by atomic mass is 35.5. The number of carbonyl (C=O) groups excluding carboxylic acids is 2. The smallest absolute Gasteiger partial charge is 0.268 e. The molecule has 1 aliphatic rings. The van der Waals surface area contributed by atoms with Crippen molar-refractivity contribution in [2.75, 3.05) is 4.90 Å². The summed E-state index contributed by atoms with van der Waals surface area (Å²) in [6.07, 6.45) is -4.53. The van der Waals surface area contributed by atoms with Crippen molar-refractivity contribution in [1.29, 1.82) is 0 Å². The number of carbonyl (C=O) groups is 2. The Bertz CT molecular complexity index is 886. The Hall–Kier alpha value is -2.67. The summed E-state index contributed by atoms with van der Waals surface area (Å²) < 4.78 is 50.9. The summed E-state index contributed by atoms with van der Waals surface area (Å²) in [7, 11) is 0. The maximum Gasteiger partial charge on any atom is 0.416 e. The molecule has 8 heteroatoms. The molecule has 0 fully saturated rings. The average Bonchev–Trinajstić information content (AvgIpc) is 2.78. The van der Waals surface area contributed by atoms with Crippen molar-refractivity contribution in [3.63, 3.8) is 0 Å². The fourth-order valence-electron chi connectivity index (χ4n) is 2.40. The highest BCUT2D eigenvalue weighted by Gasteiger charge is 2.39. The van der Waals surface area contributed by atoms with E-state index in [9.17, 15) is 27.2 Å². The molecule has 0 bridgehead atoms. The Kier molecular flexibility index (Phi) is 4.12. The van der Waals surface area contributed by atoms with E-state index in [0.29, 0.717) is 4.90 Å². The van der Waals surface area contributed by atoms with Crippen LogP contribution in [0, 0.1) is 5.82 Å². The fraction of sp³-hybridized carbons (Fsp3) is 0.0588. The van der Waals surface area contributed by atoms with E-state index in [1.807, 2.05) is 0 Å². The summed E-state index contributed by atoms with van der Waals surface area (Å²) in [6, 6.07) is 8.32. The molecule has 3 rings (SSSR count). The molecular weight excluding hydrogens is 362 g/mol. The first-order valence-corrected chi connectivity index (χ1v) is 7.29. The molecule has 0 radical (unpaired) electrons. The number of rotatable bonds is 2. The fourth-order valence-corrected chi connectivity index (χ4v) is 2.68. The van der Waals surface area contributed by atoms with E-state index in [1.54, 1.807) is 0 Å². The van der Waals surface area contributed by atoms with Crippen molar-refractivity contribution in [2.45, 2.75) is 6.18 Å². The van der Waals surface area contributed by atoms with Gasteiger partial charge in [-0.15, -0.1) is 0 Å². The molecule has 2 amide bonds. The van der Waals surface area contributed by atoms with Crippen LogP contribution in [0.2, 0.25) is 0 Å². The van der Waals surface area contributed by atoms with E-state index < -0.39 is 29.4 Å². The molecule has 0 unspecified atom stereocenters. The second kappa shape index (κ2) is 6.00. The third-order valence-corrected chi connectivity index (χ3v) is 3.96. The molecule has 25 heavy (non-hydrogen) atoms. The highest BCUT2D eigenvalue weighted by Crippen LogP contribution is 2.36. The third-order valence-electron chi connectivity index (χ3n) is 3.61. The summed E-state index contributed by atoms with van der Waals surface area (Å²) in [5.41, 5.74) is -0.850. The lowest BCUT2D eigenvalue weighted by Crippen LogP contribution is -2.31. The Morgan fingerprint density at radius 1 is 0.840 bits per heavy atom. The van der Waals surface area contributed by atoms with Crippen LogP contribution in [0.4, 0.5) is 23.2 Å². The van der Waals surface area contributed by atoms with Gasteiger partial charge in [0.2, 0.25) is 0 Å². The lowest BCUT2D eigenvalue weighted by Gasteiger charge is -2.16. The van der Waals surface area contributed by atoms with Crippen LogP contribution < -0.4 is 4.90 Å². The van der Waals surface area contributed by atoms with Crippen molar-refractivity contribution in [3.05, 3.63) is 70.5 Å². The minimum Gasteiger partial charge on any atom is -0.268 e. The van der Waals surface area contributed by atoms with Crippen molar-refractivity contribution >= 4 is 34.7 Å². The van der Waals surface area contributed by atoms with E-state index in [0.717, 1.165) is 36.4 Å². The van der Waals surface area contributed by atoms with Crippen LogP contribution in [0.3, 0.4) is 0 Å². The minimum absolute atomic E-state index is 0.0433. The summed E-state index contributed by atoms with van der Waals surface area (Å²) in [6.45, 7) is 0. The first-order valence-electron chi connectivity index (χ1n) is 6.92. The van der Waals surface area contributed by atoms with Crippen LogP contribution in [0.1, 0.15) is 11.1 Å². The first kappa shape index (κ1) is 17.2. The first-order chi connectivity index (χ1) is 11.7. The second-order valence-corrected chi connectivity index (χ2v) is 5.56. The summed E-state index contributed by atoms with van der Waals surface area (Å²) in [5, 5.41) is -0.378. The summed E-state index contributed by atoms with van der Waals surface area (Å²) in [4.78, 5) is 25.5. The largest absolute Gasteiger partial charge is 0.416 e. The van der Waals surface area contributed by atoms with E-state index >= 15 is 0 Å². The minimum atomic E-state index is -4.53. The summed E-state index contributed by atoms with van der Waals surface area (Å²) >= 11 is 5.94. The van der Waals surface area contributed by atoms with Crippen LogP contribution in [-0.4, -0.2) is 11.8 Å². The highest BCUT2D eigenvalue weighted by molar-refractivity contribution is 6.60. The number of alkyl halides is 3. The number of imide groups is 1. The van der Waals surface area contributed by atoms with Crippen molar-refractivity contribution in [2.24, 2.45) is 0 Å². The SMILES string of the molecule is O=C1C(Cl)=C(c2ccc(F)cc2)C(=O)N1c1ccc(C(F)(F)F)cc1. The Morgan fingerprint density at radius 2 is 1.40 bits per heavy atom. The number of amides is 2. The summed E-state index contributed by atoms with van der Waals surface area (Å²) in [5.74, 6) is -2.18. The van der Waals surface area contributed by atoms with Gasteiger partial charge in [-0.1, -0.05) is 23.7 Å². The standard InChI is InChI=1S/C17H8ClF4NO2/c18-14-13(9-1-5-11(19)6-2-9)15(24)23(16(14)25)12-7-3-10(4-8-12)17(20,21)22/h1-8H. The monoisotopic (exact) mass is 369 g/mol. The van der Waals surface area contributed by atoms with E-state index in [4.69, 9.17) is 11.6 Å². The molecule has 0 aromatic heterocycles. The maximum atomic E-state index is 13.0. The molecule has 2 aromatic rings. The normalized spacial score (nSPS) is 15.3. The van der Waals surface area contributed by atoms with E-state index in [-0.39, 0.29) is 21.9 Å². The van der Waals surface area contributed by atoms with Crippen molar-refractivity contribution in [1.82, 2.24) is 0 Å². The number of hydrogen-bond donors (Lipinski definition) is 0. The number of hydrogen-bond acceptors (Lipinski definition) is 2. The topological polar surface area (TPSA) is 37.4 Å². The zero-order chi connectivity index (χ0) is 18.4. The van der Waals surface area contributed by atoms with Gasteiger partial charge < -0.3 is 0 Å². The molecule has 2 aromatic carbocycles. The molecule has 0 N–H and O–H groups in total. The van der Waals surface area contributed by atoms with Crippen LogP contribution in [0.15, 0.2) is 53.6 Å². The zero-order valence-electron chi connectivity index (χ0n) is 12.3. The zero-order valence-corrected chi connectivity index (χ0v) is 13.0. The van der Waals surface area contributed by atoms with Gasteiger partial charge in [-0.25, -0.2) is 9.29 Å². The maximum absolute atomic E-state index is 13.0. The van der Waals surface area contributed by atoms with Gasteiger partial charge >= 0.3 is 6.18 Å². The molecule has 128 valence electrons. The molecule has 3 nitrogen and oxygen atoms in total. The quantitative estimate of drug-likeness (QED) is 0.582. The Balaban J connectivity index is 1.97. The lowest BCUT2D eigenvalue weighted by atomic mass is 10.1. The van der Waals surface area contributed by atoms with E-state index in [2.05, 4.69) is 0 Å². The number of benzene rings is 2. The Labute approximate surface area is 144 Å². The molecule has 0 aliphatic carbocycles. The van der Waals surface area contributed by atoms with Gasteiger partial charge in [-0.3, -0.25) is 9.59 Å². The molecule has 0 saturated carbocycles. The molecule has 1 aliphatic heterocycles. The van der Waals surface area contributed by atoms with Gasteiger partial charge in [-0.05, 0) is 42.0 Å². The lowest BCUT2D eigenvalue weighted by molar-refractivity contribution is -0.137. The van der Waals surface area contributed by atoms with Gasteiger partial charge in [0.15, 0.2) is 0 Å². The Morgan fingerprint density at radius 3 is 1.92 bits per heavy atom. The van der Waals surface area contributed by atoms with Gasteiger partial charge in [0.25, 0.3) is 11.8 Å². The van der Waals surface area contributed by atoms with Crippen molar-refractivity contribution < 1.29 is 27.2 Å². The second-order valence-electron chi connectivity index (χ2n) is 5.19. The molecule has 1 heterocycles. The molecule has 0 saturated heterocycles.